The number of hydrogen-bond donors (Lipinski definition) is 1. The van der Waals surface area contributed by atoms with E-state index in [1.165, 1.54) is 4.31 Å². The Hall–Kier alpha value is -2.94. The zero-order chi connectivity index (χ0) is 21.8. The first-order valence-electron chi connectivity index (χ1n) is 10.1. The second-order valence-electron chi connectivity index (χ2n) is 7.47. The molecule has 3 aromatic carbocycles. The monoisotopic (exact) mass is 439 g/mol. The molecule has 1 aliphatic rings. The number of anilines is 1. The Morgan fingerprint density at radius 3 is 2.29 bits per heavy atom. The molecule has 31 heavy (non-hydrogen) atoms. The highest BCUT2D eigenvalue weighted by Crippen LogP contribution is 2.23. The van der Waals surface area contributed by atoms with Crippen LogP contribution in [0.25, 0.3) is 10.8 Å². The minimum atomic E-state index is -3.57. The van der Waals surface area contributed by atoms with Crippen molar-refractivity contribution in [1.82, 2.24) is 9.21 Å². The Morgan fingerprint density at radius 1 is 0.935 bits per heavy atom. The molecule has 8 heteroatoms. The number of fused-ring (bicyclic) bond motifs is 1. The van der Waals surface area contributed by atoms with E-state index in [0.29, 0.717) is 36.8 Å². The van der Waals surface area contributed by atoms with Gasteiger partial charge >= 0.3 is 0 Å². The lowest BCUT2D eigenvalue weighted by atomic mass is 10.1. The number of piperazine rings is 1. The summed E-state index contributed by atoms with van der Waals surface area (Å²) >= 11 is 0. The highest BCUT2D eigenvalue weighted by atomic mass is 32.2. The van der Waals surface area contributed by atoms with Gasteiger partial charge in [-0.05, 0) is 47.2 Å². The Balaban J connectivity index is 1.34. The highest BCUT2D eigenvalue weighted by Gasteiger charge is 2.29. The van der Waals surface area contributed by atoms with Crippen molar-refractivity contribution in [3.8, 4) is 5.75 Å². The fraction of sp³-hybridized carbons (Fsp3) is 0.261. The average molecular weight is 440 g/mol. The van der Waals surface area contributed by atoms with Crippen molar-refractivity contribution in [1.29, 1.82) is 0 Å². The third kappa shape index (κ3) is 4.87. The molecule has 0 aromatic heterocycles. The molecule has 1 N–H and O–H groups in total. The first kappa shape index (κ1) is 21.3. The zero-order valence-corrected chi connectivity index (χ0v) is 18.1. The van der Waals surface area contributed by atoms with Gasteiger partial charge in [0.05, 0.1) is 18.6 Å². The van der Waals surface area contributed by atoms with Crippen LogP contribution in [0, 0.1) is 0 Å². The summed E-state index contributed by atoms with van der Waals surface area (Å²) in [5.74, 6) is 0.595. The summed E-state index contributed by atoms with van der Waals surface area (Å²) in [5, 5.41) is 4.77. The van der Waals surface area contributed by atoms with Crippen molar-refractivity contribution in [2.45, 2.75) is 4.90 Å². The largest absolute Gasteiger partial charge is 0.497 e. The minimum Gasteiger partial charge on any atom is -0.497 e. The van der Waals surface area contributed by atoms with Gasteiger partial charge in [0.15, 0.2) is 0 Å². The van der Waals surface area contributed by atoms with E-state index in [0.717, 1.165) is 16.5 Å². The van der Waals surface area contributed by atoms with E-state index < -0.39 is 10.0 Å². The van der Waals surface area contributed by atoms with Crippen molar-refractivity contribution >= 4 is 32.4 Å². The average Bonchev–Trinajstić information content (AvgIpc) is 2.79. The lowest BCUT2D eigenvalue weighted by Gasteiger charge is -2.33. The number of ether oxygens (including phenoxy) is 1. The van der Waals surface area contributed by atoms with Crippen molar-refractivity contribution < 1.29 is 17.9 Å². The topological polar surface area (TPSA) is 79.0 Å². The molecule has 1 aliphatic heterocycles. The summed E-state index contributed by atoms with van der Waals surface area (Å²) in [6, 6.07) is 20.0. The molecule has 0 aliphatic carbocycles. The van der Waals surface area contributed by atoms with E-state index >= 15 is 0 Å². The summed E-state index contributed by atoms with van der Waals surface area (Å²) in [4.78, 5) is 14.6. The lowest BCUT2D eigenvalue weighted by Crippen LogP contribution is -2.50. The van der Waals surface area contributed by atoms with Gasteiger partial charge in [-0.1, -0.05) is 30.3 Å². The molecule has 0 unspecified atom stereocenters. The molecule has 1 saturated heterocycles. The Labute approximate surface area is 182 Å². The third-order valence-corrected chi connectivity index (χ3v) is 7.33. The van der Waals surface area contributed by atoms with Gasteiger partial charge < -0.3 is 10.1 Å². The number of sulfonamides is 1. The van der Waals surface area contributed by atoms with Gasteiger partial charge in [-0.2, -0.15) is 4.31 Å². The first-order chi connectivity index (χ1) is 15.0. The Morgan fingerprint density at radius 2 is 1.61 bits per heavy atom. The van der Waals surface area contributed by atoms with Crippen LogP contribution < -0.4 is 10.1 Å². The van der Waals surface area contributed by atoms with E-state index in [2.05, 4.69) is 5.32 Å². The molecule has 7 nitrogen and oxygen atoms in total. The van der Waals surface area contributed by atoms with Crippen LogP contribution in [0.15, 0.2) is 71.6 Å². The normalized spacial score (nSPS) is 15.6. The van der Waals surface area contributed by atoms with Gasteiger partial charge in [-0.25, -0.2) is 8.42 Å². The van der Waals surface area contributed by atoms with Crippen LogP contribution in [-0.2, 0) is 14.8 Å². The van der Waals surface area contributed by atoms with E-state index in [4.69, 9.17) is 4.74 Å². The third-order valence-electron chi connectivity index (χ3n) is 5.43. The maximum atomic E-state index is 13.1. The molecule has 1 amide bonds. The van der Waals surface area contributed by atoms with Gasteiger partial charge in [0.2, 0.25) is 15.9 Å². The fourth-order valence-corrected chi connectivity index (χ4v) is 5.14. The summed E-state index contributed by atoms with van der Waals surface area (Å²) in [7, 11) is -1.98. The second-order valence-corrected chi connectivity index (χ2v) is 9.40. The SMILES string of the molecule is COc1ccc(NC(=O)CN2CCN(S(=O)(=O)c3ccc4ccccc4c3)CC2)cc1. The molecule has 162 valence electrons. The summed E-state index contributed by atoms with van der Waals surface area (Å²) < 4.78 is 32.7. The van der Waals surface area contributed by atoms with Gasteiger partial charge in [-0.15, -0.1) is 0 Å². The van der Waals surface area contributed by atoms with Crippen LogP contribution in [0.2, 0.25) is 0 Å². The summed E-state index contributed by atoms with van der Waals surface area (Å²) in [5.41, 5.74) is 0.698. The smallest absolute Gasteiger partial charge is 0.243 e. The number of hydrogen-bond acceptors (Lipinski definition) is 5. The number of benzene rings is 3. The van der Waals surface area contributed by atoms with Gasteiger partial charge in [0, 0.05) is 31.9 Å². The quantitative estimate of drug-likeness (QED) is 0.639. The van der Waals surface area contributed by atoms with Gasteiger partial charge in [0.25, 0.3) is 0 Å². The van der Waals surface area contributed by atoms with E-state index in [9.17, 15) is 13.2 Å². The molecule has 0 saturated carbocycles. The Bertz CT molecular complexity index is 1170. The minimum absolute atomic E-state index is 0.129. The maximum Gasteiger partial charge on any atom is 0.243 e. The van der Waals surface area contributed by atoms with Crippen LogP contribution >= 0.6 is 0 Å². The second kappa shape index (κ2) is 9.05. The van der Waals surface area contributed by atoms with Crippen molar-refractivity contribution in [2.75, 3.05) is 45.2 Å². The zero-order valence-electron chi connectivity index (χ0n) is 17.3. The number of carbonyl (C=O) groups excluding carboxylic acids is 1. The molecule has 0 spiro atoms. The molecule has 3 aromatic rings. The number of nitrogens with one attached hydrogen (secondary N) is 1. The summed E-state index contributed by atoms with van der Waals surface area (Å²) in [6.07, 6.45) is 0. The number of carbonyl (C=O) groups is 1. The van der Waals surface area contributed by atoms with E-state index in [1.807, 2.05) is 35.2 Å². The van der Waals surface area contributed by atoms with Crippen molar-refractivity contribution in [2.24, 2.45) is 0 Å². The number of amides is 1. The molecular weight excluding hydrogens is 414 g/mol. The van der Waals surface area contributed by atoms with Crippen LogP contribution in [0.3, 0.4) is 0 Å². The summed E-state index contributed by atoms with van der Waals surface area (Å²) in [6.45, 7) is 1.93. The molecule has 1 heterocycles. The number of nitrogens with zero attached hydrogens (tertiary/aromatic N) is 2. The van der Waals surface area contributed by atoms with Crippen molar-refractivity contribution in [3.63, 3.8) is 0 Å². The maximum absolute atomic E-state index is 13.1. The van der Waals surface area contributed by atoms with Crippen LogP contribution in [0.5, 0.6) is 5.75 Å². The lowest BCUT2D eigenvalue weighted by molar-refractivity contribution is -0.117. The van der Waals surface area contributed by atoms with Crippen LogP contribution in [-0.4, -0.2) is 63.4 Å². The molecule has 1 fully saturated rings. The van der Waals surface area contributed by atoms with Gasteiger partial charge in [-0.3, -0.25) is 9.69 Å². The molecule has 0 radical (unpaired) electrons. The highest BCUT2D eigenvalue weighted by molar-refractivity contribution is 7.89. The van der Waals surface area contributed by atoms with Crippen LogP contribution in [0.4, 0.5) is 5.69 Å². The number of rotatable bonds is 6. The molecular formula is C23H25N3O4S. The number of methoxy groups -OCH3 is 1. The predicted octanol–water partition coefficient (Wildman–Crippen LogP) is 2.79. The molecule has 0 atom stereocenters. The van der Waals surface area contributed by atoms with E-state index in [1.54, 1.807) is 43.5 Å². The molecule has 4 rings (SSSR count). The standard InChI is InChI=1S/C23H25N3O4S/c1-30-21-9-7-20(8-10-21)24-23(27)17-25-12-14-26(15-13-25)31(28,29)22-11-6-18-4-2-3-5-19(18)16-22/h2-11,16H,12-15,17H2,1H3,(H,24,27). The first-order valence-corrected chi connectivity index (χ1v) is 11.5. The Kier molecular flexibility index (Phi) is 6.22. The van der Waals surface area contributed by atoms with E-state index in [-0.39, 0.29) is 12.5 Å². The van der Waals surface area contributed by atoms with Gasteiger partial charge in [0.1, 0.15) is 5.75 Å². The van der Waals surface area contributed by atoms with Crippen molar-refractivity contribution in [3.05, 3.63) is 66.7 Å². The van der Waals surface area contributed by atoms with Crippen LogP contribution in [0.1, 0.15) is 0 Å². The predicted molar refractivity (Wildman–Crippen MR) is 121 cm³/mol. The molecule has 0 bridgehead atoms. The fourth-order valence-electron chi connectivity index (χ4n) is 3.68.